The molecule has 7 aromatic rings. The van der Waals surface area contributed by atoms with Gasteiger partial charge in [-0.2, -0.15) is 25.3 Å². The van der Waals surface area contributed by atoms with Crippen molar-refractivity contribution in [3.05, 3.63) is 157 Å². The topological polar surface area (TPSA) is 213 Å². The number of carboxylic acid groups (broad SMARTS) is 1. The molecule has 0 aliphatic heterocycles. The highest BCUT2D eigenvalue weighted by atomic mass is 32.2. The van der Waals surface area contributed by atoms with Gasteiger partial charge >= 0.3 is 5.97 Å². The average molecular weight is 748 g/mol. The Morgan fingerprint density at radius 1 is 0.471 bits per heavy atom. The molecule has 262 valence electrons. The maximum atomic E-state index is 11.0. The van der Waals surface area contributed by atoms with Crippen LogP contribution in [0.2, 0.25) is 0 Å². The van der Waals surface area contributed by atoms with Gasteiger partial charge in [-0.05, 0) is 57.9 Å². The second-order valence-electron chi connectivity index (χ2n) is 10.4. The summed E-state index contributed by atoms with van der Waals surface area (Å²) in [6.45, 7) is 0. The Morgan fingerprint density at radius 3 is 1.33 bits per heavy atom. The van der Waals surface area contributed by atoms with Crippen molar-refractivity contribution in [1.82, 2.24) is 4.98 Å². The predicted molar refractivity (Wildman–Crippen MR) is 192 cm³/mol. The van der Waals surface area contributed by atoms with Crippen LogP contribution in [0.3, 0.4) is 0 Å². The number of hydrogen-bond donors (Lipinski definition) is 4. The maximum Gasteiger partial charge on any atom is 0.337 e. The maximum absolute atomic E-state index is 11.0. The smallest absolute Gasteiger partial charge is 0.337 e. The van der Waals surface area contributed by atoms with Gasteiger partial charge in [0.25, 0.3) is 30.4 Å². The minimum absolute atomic E-state index is 0.0457. The number of carbonyl (C=O) groups is 1. The Hall–Kier alpha value is -5.55. The first kappa shape index (κ1) is 38.3. The van der Waals surface area contributed by atoms with Gasteiger partial charge in [-0.25, -0.2) is 4.79 Å². The zero-order chi connectivity index (χ0) is 37.2. The van der Waals surface area contributed by atoms with E-state index in [-0.39, 0.29) is 20.2 Å². The van der Waals surface area contributed by atoms with Crippen LogP contribution in [-0.2, 0) is 30.4 Å². The molecule has 1 aromatic heterocycles. The number of aromatic carboxylic acids is 1. The molecule has 0 saturated carbocycles. The van der Waals surface area contributed by atoms with Crippen LogP contribution in [0.15, 0.2) is 167 Å². The van der Waals surface area contributed by atoms with Crippen molar-refractivity contribution in [2.75, 3.05) is 0 Å². The molecule has 0 unspecified atom stereocenters. The Labute approximate surface area is 293 Å². The van der Waals surface area contributed by atoms with Gasteiger partial charge in [-0.1, -0.05) is 103 Å². The predicted octanol–water partition coefficient (Wildman–Crippen LogP) is 7.04. The van der Waals surface area contributed by atoms with E-state index in [1.54, 1.807) is 78.9 Å². The highest BCUT2D eigenvalue weighted by molar-refractivity contribution is 7.86. The number of carboxylic acids is 1. The van der Waals surface area contributed by atoms with E-state index in [0.717, 1.165) is 21.5 Å². The molecule has 12 nitrogen and oxygen atoms in total. The van der Waals surface area contributed by atoms with Gasteiger partial charge in [-0.15, -0.1) is 0 Å². The SMILES string of the molecule is O=C(O)c1cccnc1.O=S(=O)(O)c1ccc2ccccc2c1.O=S(=O)(O)c1cccc2ccccc12.O=S(=O)(O)c1cccc2ccccc12. The first-order valence-electron chi connectivity index (χ1n) is 14.6. The van der Waals surface area contributed by atoms with Crippen molar-refractivity contribution in [3.8, 4) is 0 Å². The quantitative estimate of drug-likeness (QED) is 0.134. The molecule has 0 saturated heterocycles. The van der Waals surface area contributed by atoms with Crippen LogP contribution in [0.1, 0.15) is 10.4 Å². The van der Waals surface area contributed by atoms with Gasteiger partial charge < -0.3 is 5.11 Å². The number of fused-ring (bicyclic) bond motifs is 3. The molecule has 0 amide bonds. The number of rotatable bonds is 4. The summed E-state index contributed by atoms with van der Waals surface area (Å²) in [4.78, 5) is 13.6. The lowest BCUT2D eigenvalue weighted by atomic mass is 10.1. The minimum atomic E-state index is -4.13. The molecule has 7 rings (SSSR count). The van der Waals surface area contributed by atoms with Gasteiger partial charge in [-0.3, -0.25) is 18.6 Å². The van der Waals surface area contributed by atoms with Gasteiger partial charge in [0.2, 0.25) is 0 Å². The first-order valence-corrected chi connectivity index (χ1v) is 18.9. The van der Waals surface area contributed by atoms with E-state index >= 15 is 0 Å². The Kier molecular flexibility index (Phi) is 12.3. The molecule has 6 aromatic carbocycles. The lowest BCUT2D eigenvalue weighted by Crippen LogP contribution is -1.98. The van der Waals surface area contributed by atoms with Gasteiger partial charge in [0, 0.05) is 23.2 Å². The molecule has 0 aliphatic rings. The lowest BCUT2D eigenvalue weighted by molar-refractivity contribution is 0.0696. The van der Waals surface area contributed by atoms with E-state index in [2.05, 4.69) is 4.98 Å². The Morgan fingerprint density at radius 2 is 0.922 bits per heavy atom. The summed E-state index contributed by atoms with van der Waals surface area (Å²) in [6.07, 6.45) is 2.84. The number of aromatic nitrogens is 1. The number of hydrogen-bond acceptors (Lipinski definition) is 8. The second-order valence-corrected chi connectivity index (χ2v) is 14.6. The molecule has 51 heavy (non-hydrogen) atoms. The zero-order valence-electron chi connectivity index (χ0n) is 26.3. The van der Waals surface area contributed by atoms with Crippen LogP contribution in [0.4, 0.5) is 0 Å². The Bertz CT molecular complexity index is 2520. The van der Waals surface area contributed by atoms with Crippen LogP contribution >= 0.6 is 0 Å². The molecule has 0 spiro atoms. The molecule has 0 bridgehead atoms. The van der Waals surface area contributed by atoms with Crippen LogP contribution in [-0.4, -0.2) is 55.0 Å². The summed E-state index contributed by atoms with van der Waals surface area (Å²) >= 11 is 0. The van der Waals surface area contributed by atoms with Gasteiger partial charge in [0.15, 0.2) is 0 Å². The van der Waals surface area contributed by atoms with Crippen LogP contribution in [0.5, 0.6) is 0 Å². The summed E-state index contributed by atoms with van der Waals surface area (Å²) in [5, 5.41) is 12.8. The average Bonchev–Trinajstić information content (AvgIpc) is 3.11. The Balaban J connectivity index is 0.000000154. The second kappa shape index (κ2) is 16.4. The largest absolute Gasteiger partial charge is 0.478 e. The highest BCUT2D eigenvalue weighted by Gasteiger charge is 2.13. The molecule has 15 heteroatoms. The van der Waals surface area contributed by atoms with Gasteiger partial charge in [0.1, 0.15) is 9.79 Å². The van der Waals surface area contributed by atoms with E-state index in [4.69, 9.17) is 18.8 Å². The molecule has 0 aliphatic carbocycles. The molecule has 1 heterocycles. The van der Waals surface area contributed by atoms with Crippen molar-refractivity contribution < 1.29 is 48.8 Å². The van der Waals surface area contributed by atoms with E-state index < -0.39 is 36.3 Å². The number of benzene rings is 6. The molecular weight excluding hydrogens is 719 g/mol. The summed E-state index contributed by atoms with van der Waals surface area (Å²) in [6, 6.07) is 38.5. The number of nitrogens with zero attached hydrogens (tertiary/aromatic N) is 1. The lowest BCUT2D eigenvalue weighted by Gasteiger charge is -2.02. The summed E-state index contributed by atoms with van der Waals surface area (Å²) < 4.78 is 92.4. The molecule has 0 radical (unpaired) electrons. The number of pyridine rings is 1. The normalized spacial score (nSPS) is 11.3. The standard InChI is InChI=1S/3C10H8O3S.C6H5NO2/c2*11-14(12,13)10-7-3-5-8-4-1-2-6-9(8)10;11-14(12,13)10-6-5-8-3-1-2-4-9(8)7-10;8-6(9)5-2-1-3-7-4-5/h3*1-7H,(H,11,12,13);1-4H,(H,8,9). The van der Waals surface area contributed by atoms with Crippen molar-refractivity contribution in [1.29, 1.82) is 0 Å². The molecular formula is C36H29NO11S3. The third-order valence-corrected chi connectivity index (χ3v) is 9.66. The highest BCUT2D eigenvalue weighted by Crippen LogP contribution is 2.23. The van der Waals surface area contributed by atoms with Crippen LogP contribution in [0.25, 0.3) is 32.3 Å². The fourth-order valence-corrected chi connectivity index (χ4v) is 6.60. The van der Waals surface area contributed by atoms with Crippen molar-refractivity contribution in [3.63, 3.8) is 0 Å². The van der Waals surface area contributed by atoms with Crippen LogP contribution < -0.4 is 0 Å². The van der Waals surface area contributed by atoms with Crippen molar-refractivity contribution >= 4 is 68.6 Å². The zero-order valence-corrected chi connectivity index (χ0v) is 28.7. The first-order chi connectivity index (χ1) is 24.1. The summed E-state index contributed by atoms with van der Waals surface area (Å²) in [7, 11) is -12.4. The van der Waals surface area contributed by atoms with Crippen LogP contribution in [0, 0.1) is 0 Å². The summed E-state index contributed by atoms with van der Waals surface area (Å²) in [5.74, 6) is -0.942. The molecule has 0 atom stereocenters. The van der Waals surface area contributed by atoms with E-state index in [1.807, 2.05) is 30.3 Å². The molecule has 4 N–H and O–H groups in total. The van der Waals surface area contributed by atoms with Crippen molar-refractivity contribution in [2.45, 2.75) is 14.7 Å². The van der Waals surface area contributed by atoms with E-state index in [9.17, 15) is 30.0 Å². The van der Waals surface area contributed by atoms with E-state index in [1.165, 1.54) is 42.7 Å². The fourth-order valence-electron chi connectivity index (χ4n) is 4.66. The fraction of sp³-hybridized carbons (Fsp3) is 0. The van der Waals surface area contributed by atoms with E-state index in [0.29, 0.717) is 10.8 Å². The third-order valence-electron chi connectivity index (χ3n) is 6.98. The monoisotopic (exact) mass is 747 g/mol. The minimum Gasteiger partial charge on any atom is -0.478 e. The third kappa shape index (κ3) is 10.7. The summed E-state index contributed by atoms with van der Waals surface area (Å²) in [5.41, 5.74) is 0.220. The molecule has 0 fully saturated rings. The van der Waals surface area contributed by atoms with Gasteiger partial charge in [0.05, 0.1) is 10.5 Å². The van der Waals surface area contributed by atoms with Crippen molar-refractivity contribution in [2.24, 2.45) is 0 Å².